The maximum Gasteiger partial charge on any atom is 0.254 e. The fourth-order valence-electron chi connectivity index (χ4n) is 2.99. The molecular weight excluding hydrogens is 335 g/mol. The van der Waals surface area contributed by atoms with Crippen LogP contribution in [0.25, 0.3) is 0 Å². The molecule has 0 saturated heterocycles. The van der Waals surface area contributed by atoms with Crippen molar-refractivity contribution in [3.8, 4) is 0 Å². The second-order valence-corrected chi connectivity index (χ2v) is 6.56. The lowest BCUT2D eigenvalue weighted by Gasteiger charge is -2.19. The van der Waals surface area contributed by atoms with Gasteiger partial charge in [-0.1, -0.05) is 0 Å². The number of carbonyl (C=O) groups excluding carboxylic acids is 1. The number of hydrogen-bond donors (Lipinski definition) is 2. The third kappa shape index (κ3) is 3.89. The van der Waals surface area contributed by atoms with Crippen molar-refractivity contribution in [1.82, 2.24) is 20.3 Å². The monoisotopic (exact) mass is 358 g/mol. The minimum atomic E-state index is -0.451. The summed E-state index contributed by atoms with van der Waals surface area (Å²) in [6, 6.07) is 2.08. The number of nitrogens with zero attached hydrogens (tertiary/aromatic N) is 4. The predicted octanol–water partition coefficient (Wildman–Crippen LogP) is 1.80. The molecule has 7 nitrogen and oxygen atoms in total. The second kappa shape index (κ2) is 7.63. The lowest BCUT2D eigenvalue weighted by Crippen LogP contribution is -2.27. The van der Waals surface area contributed by atoms with Gasteiger partial charge in [0.2, 0.25) is 5.95 Å². The highest BCUT2D eigenvalue weighted by atomic mass is 19.1. The van der Waals surface area contributed by atoms with Crippen molar-refractivity contribution >= 4 is 17.7 Å². The summed E-state index contributed by atoms with van der Waals surface area (Å²) < 4.78 is 13.1. The fraction of sp³-hybridized carbons (Fsp3) is 0.444. The molecule has 1 amide bonds. The number of rotatable bonds is 4. The molecule has 0 radical (unpaired) electrons. The Balaban J connectivity index is 1.89. The molecule has 1 aliphatic rings. The molecule has 0 unspecified atom stereocenters. The van der Waals surface area contributed by atoms with Crippen molar-refractivity contribution in [2.45, 2.75) is 32.7 Å². The molecule has 3 rings (SSSR count). The lowest BCUT2D eigenvalue weighted by atomic mass is 10.0. The van der Waals surface area contributed by atoms with Crippen LogP contribution in [0.2, 0.25) is 0 Å². The maximum absolute atomic E-state index is 13.1. The van der Waals surface area contributed by atoms with Crippen LogP contribution >= 0.6 is 0 Å². The van der Waals surface area contributed by atoms with Gasteiger partial charge in [-0.05, 0) is 31.9 Å². The van der Waals surface area contributed by atoms with E-state index in [9.17, 15) is 9.18 Å². The fourth-order valence-corrected chi connectivity index (χ4v) is 2.99. The number of halogens is 1. The van der Waals surface area contributed by atoms with Crippen LogP contribution in [-0.4, -0.2) is 47.0 Å². The van der Waals surface area contributed by atoms with E-state index in [2.05, 4.69) is 20.6 Å². The molecule has 0 atom stereocenters. The highest BCUT2D eigenvalue weighted by Gasteiger charge is 2.21. The van der Waals surface area contributed by atoms with Crippen LogP contribution in [0.5, 0.6) is 0 Å². The summed E-state index contributed by atoms with van der Waals surface area (Å²) in [4.78, 5) is 27.1. The largest absolute Gasteiger partial charge is 0.367 e. The maximum atomic E-state index is 13.1. The molecule has 0 fully saturated rings. The van der Waals surface area contributed by atoms with Gasteiger partial charge in [0.15, 0.2) is 5.82 Å². The Morgan fingerprint density at radius 1 is 1.23 bits per heavy atom. The Labute approximate surface area is 152 Å². The van der Waals surface area contributed by atoms with Crippen molar-refractivity contribution in [1.29, 1.82) is 0 Å². The Morgan fingerprint density at radius 2 is 1.92 bits per heavy atom. The highest BCUT2D eigenvalue weighted by molar-refractivity contribution is 5.98. The van der Waals surface area contributed by atoms with Gasteiger partial charge in [0.1, 0.15) is 5.82 Å². The molecule has 3 heterocycles. The zero-order valence-corrected chi connectivity index (χ0v) is 15.2. The average molecular weight is 358 g/mol. The second-order valence-electron chi connectivity index (χ2n) is 6.56. The Morgan fingerprint density at radius 3 is 2.58 bits per heavy atom. The predicted molar refractivity (Wildman–Crippen MR) is 98.0 cm³/mol. The van der Waals surface area contributed by atoms with E-state index in [0.29, 0.717) is 36.8 Å². The number of hydrogen-bond acceptors (Lipinski definition) is 6. The van der Waals surface area contributed by atoms with E-state index >= 15 is 0 Å². The van der Waals surface area contributed by atoms with Crippen LogP contribution in [0, 0.1) is 5.82 Å². The zero-order chi connectivity index (χ0) is 18.7. The number of fused-ring (bicyclic) bond motifs is 1. The first kappa shape index (κ1) is 18.0. The van der Waals surface area contributed by atoms with Gasteiger partial charge in [-0.3, -0.25) is 4.79 Å². The Hall–Kier alpha value is -2.77. The molecule has 8 heteroatoms. The smallest absolute Gasteiger partial charge is 0.254 e. The molecule has 2 aromatic heterocycles. The normalized spacial score (nSPS) is 14.0. The van der Waals surface area contributed by atoms with E-state index in [4.69, 9.17) is 4.98 Å². The third-order valence-electron chi connectivity index (χ3n) is 4.25. The SMILES string of the molecule is CNC(=O)c1cc2c(nc1NC(C)C)CCN(c1ncc(F)cn1)CC2. The number of nitrogens with one attached hydrogen (secondary N) is 2. The van der Waals surface area contributed by atoms with Crippen LogP contribution in [-0.2, 0) is 12.8 Å². The van der Waals surface area contributed by atoms with Crippen LogP contribution < -0.4 is 15.5 Å². The minimum absolute atomic E-state index is 0.161. The van der Waals surface area contributed by atoms with E-state index in [-0.39, 0.29) is 11.9 Å². The van der Waals surface area contributed by atoms with E-state index in [1.807, 2.05) is 24.8 Å². The highest BCUT2D eigenvalue weighted by Crippen LogP contribution is 2.23. The molecule has 0 aromatic carbocycles. The van der Waals surface area contributed by atoms with Crippen LogP contribution in [0.1, 0.15) is 35.5 Å². The van der Waals surface area contributed by atoms with Gasteiger partial charge in [-0.2, -0.15) is 0 Å². The minimum Gasteiger partial charge on any atom is -0.367 e. The molecule has 138 valence electrons. The first-order valence-electron chi connectivity index (χ1n) is 8.72. The van der Waals surface area contributed by atoms with Gasteiger partial charge in [0.05, 0.1) is 18.0 Å². The Kier molecular flexibility index (Phi) is 5.29. The summed E-state index contributed by atoms with van der Waals surface area (Å²) in [6.07, 6.45) is 3.77. The van der Waals surface area contributed by atoms with Gasteiger partial charge in [-0.25, -0.2) is 19.3 Å². The zero-order valence-electron chi connectivity index (χ0n) is 15.2. The number of anilines is 2. The van der Waals surface area contributed by atoms with E-state index in [1.165, 1.54) is 12.4 Å². The summed E-state index contributed by atoms with van der Waals surface area (Å²) in [6.45, 7) is 5.39. The number of pyridine rings is 1. The lowest BCUT2D eigenvalue weighted by molar-refractivity contribution is 0.0963. The average Bonchev–Trinajstić information content (AvgIpc) is 2.83. The number of aromatic nitrogens is 3. The van der Waals surface area contributed by atoms with Crippen LogP contribution in [0.3, 0.4) is 0 Å². The van der Waals surface area contributed by atoms with Crippen molar-refractivity contribution in [3.63, 3.8) is 0 Å². The van der Waals surface area contributed by atoms with E-state index in [1.54, 1.807) is 7.05 Å². The summed E-state index contributed by atoms with van der Waals surface area (Å²) in [5.74, 6) is 0.496. The first-order chi connectivity index (χ1) is 12.5. The van der Waals surface area contributed by atoms with Crippen molar-refractivity contribution in [3.05, 3.63) is 41.1 Å². The molecule has 1 aliphatic heterocycles. The standard InChI is InChI=1S/C18H23FN6O/c1-11(2)23-16-14(17(26)20-3)8-12-4-6-25(7-5-15(12)24-16)18-21-9-13(19)10-22-18/h8-11H,4-7H2,1-3H3,(H,20,26)(H,23,24). The van der Waals surface area contributed by atoms with Crippen molar-refractivity contribution in [2.24, 2.45) is 0 Å². The molecule has 26 heavy (non-hydrogen) atoms. The molecule has 0 saturated carbocycles. The quantitative estimate of drug-likeness (QED) is 0.867. The number of amides is 1. The molecule has 0 bridgehead atoms. The summed E-state index contributed by atoms with van der Waals surface area (Å²) in [7, 11) is 1.61. The van der Waals surface area contributed by atoms with E-state index in [0.717, 1.165) is 17.7 Å². The van der Waals surface area contributed by atoms with Gasteiger partial charge >= 0.3 is 0 Å². The van der Waals surface area contributed by atoms with Gasteiger partial charge in [0.25, 0.3) is 5.91 Å². The van der Waals surface area contributed by atoms with Crippen molar-refractivity contribution in [2.75, 3.05) is 30.4 Å². The van der Waals surface area contributed by atoms with Gasteiger partial charge in [-0.15, -0.1) is 0 Å². The first-order valence-corrected chi connectivity index (χ1v) is 8.72. The van der Waals surface area contributed by atoms with E-state index < -0.39 is 5.82 Å². The topological polar surface area (TPSA) is 83.0 Å². The van der Waals surface area contributed by atoms with Gasteiger partial charge < -0.3 is 15.5 Å². The molecule has 2 aromatic rings. The molecule has 0 aliphatic carbocycles. The summed E-state index contributed by atoms with van der Waals surface area (Å²) in [5.41, 5.74) is 2.55. The summed E-state index contributed by atoms with van der Waals surface area (Å²) >= 11 is 0. The van der Waals surface area contributed by atoms with Crippen molar-refractivity contribution < 1.29 is 9.18 Å². The van der Waals surface area contributed by atoms with Crippen LogP contribution in [0.4, 0.5) is 16.2 Å². The molecular formula is C18H23FN6O. The van der Waals surface area contributed by atoms with Crippen LogP contribution in [0.15, 0.2) is 18.5 Å². The molecule has 0 spiro atoms. The third-order valence-corrected chi connectivity index (χ3v) is 4.25. The number of carbonyl (C=O) groups is 1. The molecule has 2 N–H and O–H groups in total. The Bertz CT molecular complexity index is 793. The van der Waals surface area contributed by atoms with Gasteiger partial charge in [0, 0.05) is 38.3 Å². The summed E-state index contributed by atoms with van der Waals surface area (Å²) in [5, 5.41) is 5.93.